The molecule has 0 saturated heterocycles. The van der Waals surface area contributed by atoms with Gasteiger partial charge in [0.05, 0.1) is 4.92 Å². The molecule has 0 saturated carbocycles. The van der Waals surface area contributed by atoms with Gasteiger partial charge in [-0.2, -0.15) is 0 Å². The molecule has 0 aliphatic rings. The summed E-state index contributed by atoms with van der Waals surface area (Å²) in [6, 6.07) is 11.8. The van der Waals surface area contributed by atoms with Crippen molar-refractivity contribution in [3.05, 3.63) is 62.6 Å². The van der Waals surface area contributed by atoms with E-state index in [2.05, 4.69) is 26.2 Å². The van der Waals surface area contributed by atoms with E-state index in [0.717, 1.165) is 9.99 Å². The summed E-state index contributed by atoms with van der Waals surface area (Å²) >= 11 is 3.37. The first kappa shape index (κ1) is 13.5. The molecule has 0 radical (unpaired) electrons. The predicted molar refractivity (Wildman–Crippen MR) is 78.6 cm³/mol. The normalized spacial score (nSPS) is 10.7. The summed E-state index contributed by atoms with van der Waals surface area (Å²) in [6.45, 7) is 0.159. The third kappa shape index (κ3) is 2.84. The number of aromatic nitrogens is 3. The third-order valence-electron chi connectivity index (χ3n) is 2.85. The zero-order chi connectivity index (χ0) is 14.8. The second-order valence-corrected chi connectivity index (χ2v) is 5.21. The van der Waals surface area contributed by atoms with E-state index < -0.39 is 4.92 Å². The minimum atomic E-state index is -0.439. The third-order valence-corrected chi connectivity index (χ3v) is 3.35. The second kappa shape index (κ2) is 5.49. The topological polar surface area (TPSA) is 83.1 Å². The van der Waals surface area contributed by atoms with Gasteiger partial charge in [0.1, 0.15) is 17.6 Å². The van der Waals surface area contributed by atoms with Crippen LogP contribution in [0, 0.1) is 10.1 Å². The molecule has 8 heteroatoms. The van der Waals surface area contributed by atoms with Crippen molar-refractivity contribution < 1.29 is 9.76 Å². The molecule has 3 rings (SSSR count). The number of nitro benzene ring substituents is 1. The quantitative estimate of drug-likeness (QED) is 0.534. The molecule has 0 bridgehead atoms. The van der Waals surface area contributed by atoms with Crippen molar-refractivity contribution >= 4 is 32.7 Å². The van der Waals surface area contributed by atoms with E-state index in [-0.39, 0.29) is 12.3 Å². The fourth-order valence-electron chi connectivity index (χ4n) is 1.86. The number of hydrogen-bond donors (Lipinski definition) is 0. The van der Waals surface area contributed by atoms with Crippen LogP contribution in [0.5, 0.6) is 0 Å². The van der Waals surface area contributed by atoms with Crippen LogP contribution >= 0.6 is 15.9 Å². The van der Waals surface area contributed by atoms with Crippen molar-refractivity contribution in [1.82, 2.24) is 15.2 Å². The van der Waals surface area contributed by atoms with Crippen molar-refractivity contribution in [1.29, 1.82) is 0 Å². The summed E-state index contributed by atoms with van der Waals surface area (Å²) in [4.78, 5) is 17.1. The monoisotopic (exact) mass is 348 g/mol. The first-order chi connectivity index (χ1) is 10.1. The van der Waals surface area contributed by atoms with Crippen LogP contribution in [-0.2, 0) is 6.61 Å². The smallest absolute Gasteiger partial charge is 0.269 e. The van der Waals surface area contributed by atoms with Gasteiger partial charge in [0.25, 0.3) is 5.69 Å². The molecule has 1 aromatic heterocycles. The Morgan fingerprint density at radius 1 is 1.29 bits per heavy atom. The van der Waals surface area contributed by atoms with Crippen molar-refractivity contribution in [3.8, 4) is 0 Å². The Balaban J connectivity index is 1.82. The highest BCUT2D eigenvalue weighted by atomic mass is 79.9. The van der Waals surface area contributed by atoms with Gasteiger partial charge in [0.2, 0.25) is 0 Å². The summed E-state index contributed by atoms with van der Waals surface area (Å²) < 4.78 is 0.887. The summed E-state index contributed by atoms with van der Waals surface area (Å²) in [5, 5.41) is 18.6. The van der Waals surface area contributed by atoms with E-state index in [1.165, 1.54) is 17.0 Å². The largest absolute Gasteiger partial charge is 0.390 e. The van der Waals surface area contributed by atoms with Gasteiger partial charge in [-0.15, -0.1) is 5.10 Å². The van der Waals surface area contributed by atoms with Crippen LogP contribution < -0.4 is 4.84 Å². The van der Waals surface area contributed by atoms with Gasteiger partial charge in [-0.05, 0) is 29.0 Å². The second-order valence-electron chi connectivity index (χ2n) is 4.30. The molecule has 0 amide bonds. The highest BCUT2D eigenvalue weighted by molar-refractivity contribution is 9.10. The minimum Gasteiger partial charge on any atom is -0.390 e. The zero-order valence-corrected chi connectivity index (χ0v) is 12.2. The molecule has 7 nitrogen and oxygen atoms in total. The SMILES string of the molecule is O=[N+]([O-])c1cccc(COn2nnc3ccc(Br)cc32)c1. The number of hydrogen-bond acceptors (Lipinski definition) is 5. The lowest BCUT2D eigenvalue weighted by Crippen LogP contribution is -2.12. The van der Waals surface area contributed by atoms with E-state index >= 15 is 0 Å². The van der Waals surface area contributed by atoms with Crippen LogP contribution in [0.15, 0.2) is 46.9 Å². The number of benzene rings is 2. The molecule has 21 heavy (non-hydrogen) atoms. The molecule has 0 aliphatic heterocycles. The first-order valence-corrected chi connectivity index (χ1v) is 6.80. The van der Waals surface area contributed by atoms with Crippen LogP contribution in [0.3, 0.4) is 0 Å². The number of rotatable bonds is 4. The number of fused-ring (bicyclic) bond motifs is 1. The van der Waals surface area contributed by atoms with Gasteiger partial charge < -0.3 is 4.84 Å². The summed E-state index contributed by atoms with van der Waals surface area (Å²) in [7, 11) is 0. The number of non-ortho nitro benzene ring substituents is 1. The van der Waals surface area contributed by atoms with Gasteiger partial charge in [-0.1, -0.05) is 32.9 Å². The Kier molecular flexibility index (Phi) is 3.53. The highest BCUT2D eigenvalue weighted by Crippen LogP contribution is 2.18. The van der Waals surface area contributed by atoms with Crippen LogP contribution in [0.2, 0.25) is 0 Å². The Hall–Kier alpha value is -2.48. The molecule has 2 aromatic carbocycles. The summed E-state index contributed by atoms with van der Waals surface area (Å²) in [5.41, 5.74) is 2.14. The van der Waals surface area contributed by atoms with Crippen molar-refractivity contribution in [2.24, 2.45) is 0 Å². The minimum absolute atomic E-state index is 0.0299. The Bertz CT molecular complexity index is 818. The van der Waals surface area contributed by atoms with Gasteiger partial charge >= 0.3 is 0 Å². The fourth-order valence-corrected chi connectivity index (χ4v) is 2.21. The van der Waals surface area contributed by atoms with Gasteiger partial charge in [0.15, 0.2) is 0 Å². The molecule has 0 aliphatic carbocycles. The molecule has 0 atom stereocenters. The zero-order valence-electron chi connectivity index (χ0n) is 10.6. The molecule has 1 heterocycles. The van der Waals surface area contributed by atoms with Gasteiger partial charge in [0, 0.05) is 16.6 Å². The molecule has 0 fully saturated rings. The van der Waals surface area contributed by atoms with E-state index in [0.29, 0.717) is 11.1 Å². The van der Waals surface area contributed by atoms with Crippen molar-refractivity contribution in [2.75, 3.05) is 0 Å². The number of nitrogens with zero attached hydrogens (tertiary/aromatic N) is 4. The van der Waals surface area contributed by atoms with Crippen molar-refractivity contribution in [3.63, 3.8) is 0 Å². The average molecular weight is 349 g/mol. The van der Waals surface area contributed by atoms with E-state index in [9.17, 15) is 10.1 Å². The maximum absolute atomic E-state index is 10.7. The van der Waals surface area contributed by atoms with E-state index in [1.54, 1.807) is 12.1 Å². The molecule has 0 unspecified atom stereocenters. The first-order valence-electron chi connectivity index (χ1n) is 6.01. The predicted octanol–water partition coefficient (Wildman–Crippen LogP) is 2.73. The Labute approximate surface area is 127 Å². The van der Waals surface area contributed by atoms with E-state index in [4.69, 9.17) is 4.84 Å². The highest BCUT2D eigenvalue weighted by Gasteiger charge is 2.08. The molecule has 3 aromatic rings. The summed E-state index contributed by atoms with van der Waals surface area (Å²) in [5.74, 6) is 0. The maximum Gasteiger partial charge on any atom is 0.269 e. The molecule has 0 spiro atoms. The van der Waals surface area contributed by atoms with Crippen LogP contribution in [-0.4, -0.2) is 20.1 Å². The van der Waals surface area contributed by atoms with Crippen LogP contribution in [0.25, 0.3) is 11.0 Å². The maximum atomic E-state index is 10.7. The number of nitro groups is 1. The fraction of sp³-hybridized carbons (Fsp3) is 0.0769. The van der Waals surface area contributed by atoms with Crippen molar-refractivity contribution in [2.45, 2.75) is 6.61 Å². The summed E-state index contributed by atoms with van der Waals surface area (Å²) in [6.07, 6.45) is 0. The molecule has 0 N–H and O–H groups in total. The lowest BCUT2D eigenvalue weighted by molar-refractivity contribution is -0.384. The molecular weight excluding hydrogens is 340 g/mol. The van der Waals surface area contributed by atoms with E-state index in [1.807, 2.05) is 18.2 Å². The average Bonchev–Trinajstić information content (AvgIpc) is 2.87. The Morgan fingerprint density at radius 3 is 2.95 bits per heavy atom. The number of halogens is 1. The van der Waals surface area contributed by atoms with Crippen LogP contribution in [0.1, 0.15) is 5.56 Å². The van der Waals surface area contributed by atoms with Gasteiger partial charge in [-0.3, -0.25) is 10.1 Å². The standard InChI is InChI=1S/C13H9BrN4O3/c14-10-4-5-12-13(7-10)17(16-15-12)21-8-9-2-1-3-11(6-9)18(19)20/h1-7H,8H2. The molecule has 106 valence electrons. The Morgan fingerprint density at radius 2 is 2.14 bits per heavy atom. The van der Waals surface area contributed by atoms with Crippen LogP contribution in [0.4, 0.5) is 5.69 Å². The lowest BCUT2D eigenvalue weighted by Gasteiger charge is -2.05. The molecular formula is C13H9BrN4O3. The van der Waals surface area contributed by atoms with Gasteiger partial charge in [-0.25, -0.2) is 0 Å². The lowest BCUT2D eigenvalue weighted by atomic mass is 10.2.